The van der Waals surface area contributed by atoms with Gasteiger partial charge in [0.05, 0.1) is 5.56 Å². The van der Waals surface area contributed by atoms with Crippen LogP contribution in [0.4, 0.5) is 13.2 Å². The van der Waals surface area contributed by atoms with Gasteiger partial charge in [-0.2, -0.15) is 13.2 Å². The average molecular weight is 284 g/mol. The third-order valence-corrected chi connectivity index (χ3v) is 3.60. The van der Waals surface area contributed by atoms with E-state index in [-0.39, 0.29) is 15.8 Å². The molecule has 0 fully saturated rings. The number of fused-ring (bicyclic) bond motifs is 1. The number of aromatic amines is 1. The molecule has 0 amide bonds. The number of H-pyrrole nitrogens is 1. The van der Waals surface area contributed by atoms with Crippen molar-refractivity contribution in [3.8, 4) is 0 Å². The van der Waals surface area contributed by atoms with E-state index in [1.54, 1.807) is 0 Å². The first kappa shape index (κ1) is 12.3. The summed E-state index contributed by atoms with van der Waals surface area (Å²) in [4.78, 5) is 2.21. The largest absolute Gasteiger partial charge is 0.416 e. The highest BCUT2D eigenvalue weighted by atomic mass is 35.7. The summed E-state index contributed by atoms with van der Waals surface area (Å²) in [6.45, 7) is 0. The average Bonchev–Trinajstić information content (AvgIpc) is 2.57. The van der Waals surface area contributed by atoms with E-state index in [1.165, 1.54) is 0 Å². The molecule has 0 aliphatic rings. The van der Waals surface area contributed by atoms with Crippen LogP contribution in [0, 0.1) is 0 Å². The van der Waals surface area contributed by atoms with Gasteiger partial charge >= 0.3 is 6.18 Å². The fraction of sp³-hybridized carbons (Fsp3) is 0.111. The molecule has 0 bridgehead atoms. The number of hydrogen-bond acceptors (Lipinski definition) is 2. The summed E-state index contributed by atoms with van der Waals surface area (Å²) < 4.78 is 59.4. The Balaban J connectivity index is 2.69. The molecule has 0 spiro atoms. The lowest BCUT2D eigenvalue weighted by Crippen LogP contribution is -2.04. The molecule has 3 nitrogen and oxygen atoms in total. The molecule has 1 N–H and O–H groups in total. The normalized spacial score (nSPS) is 13.2. The zero-order valence-corrected chi connectivity index (χ0v) is 9.62. The molecule has 0 saturated carbocycles. The minimum absolute atomic E-state index is 0.0686. The van der Waals surface area contributed by atoms with Gasteiger partial charge in [-0.3, -0.25) is 0 Å². The van der Waals surface area contributed by atoms with Gasteiger partial charge in [-0.05, 0) is 12.1 Å². The third-order valence-electron chi connectivity index (χ3n) is 2.23. The van der Waals surface area contributed by atoms with Crippen molar-refractivity contribution in [2.75, 3.05) is 0 Å². The van der Waals surface area contributed by atoms with Crippen molar-refractivity contribution in [2.24, 2.45) is 0 Å². The maximum absolute atomic E-state index is 12.4. The van der Waals surface area contributed by atoms with E-state index in [9.17, 15) is 21.6 Å². The molecule has 0 saturated heterocycles. The number of alkyl halides is 3. The monoisotopic (exact) mass is 283 g/mol. The van der Waals surface area contributed by atoms with Crippen LogP contribution in [-0.2, 0) is 15.2 Å². The number of hydrogen-bond donors (Lipinski definition) is 1. The molecule has 0 atom stereocenters. The summed E-state index contributed by atoms with van der Waals surface area (Å²) in [6, 6.07) is 2.71. The Kier molecular flexibility index (Phi) is 2.62. The Bertz CT molecular complexity index is 675. The SMILES string of the molecule is O=S(=O)(Cl)c1c[nH]c2cc(C(F)(F)F)ccc12. The van der Waals surface area contributed by atoms with Gasteiger partial charge in [-0.25, -0.2) is 8.42 Å². The van der Waals surface area contributed by atoms with Gasteiger partial charge in [0.25, 0.3) is 9.05 Å². The smallest absolute Gasteiger partial charge is 0.360 e. The Morgan fingerprint density at radius 3 is 2.41 bits per heavy atom. The molecule has 1 aromatic heterocycles. The zero-order valence-electron chi connectivity index (χ0n) is 8.05. The van der Waals surface area contributed by atoms with Crippen molar-refractivity contribution in [3.63, 3.8) is 0 Å². The molecular formula is C9H5ClF3NO2S. The number of aromatic nitrogens is 1. The van der Waals surface area contributed by atoms with Crippen molar-refractivity contribution in [2.45, 2.75) is 11.1 Å². The minimum Gasteiger partial charge on any atom is -0.360 e. The summed E-state index contributed by atoms with van der Waals surface area (Å²) >= 11 is 0. The van der Waals surface area contributed by atoms with Crippen LogP contribution in [0.3, 0.4) is 0 Å². The molecular weight excluding hydrogens is 279 g/mol. The Morgan fingerprint density at radius 2 is 1.88 bits per heavy atom. The number of benzene rings is 1. The summed E-state index contributed by atoms with van der Waals surface area (Å²) in [5.41, 5.74) is -0.788. The topological polar surface area (TPSA) is 49.9 Å². The molecule has 0 aliphatic carbocycles. The lowest BCUT2D eigenvalue weighted by Gasteiger charge is -2.05. The first-order valence-electron chi connectivity index (χ1n) is 4.32. The predicted molar refractivity (Wildman–Crippen MR) is 56.3 cm³/mol. The molecule has 2 rings (SSSR count). The summed E-state index contributed by atoms with van der Waals surface area (Å²) in [6.07, 6.45) is -3.41. The highest BCUT2D eigenvalue weighted by Gasteiger charge is 2.31. The van der Waals surface area contributed by atoms with Crippen LogP contribution < -0.4 is 0 Å². The molecule has 1 heterocycles. The first-order valence-corrected chi connectivity index (χ1v) is 6.63. The minimum atomic E-state index is -4.47. The van der Waals surface area contributed by atoms with Gasteiger partial charge in [0.1, 0.15) is 4.90 Å². The Hall–Kier alpha value is -1.21. The van der Waals surface area contributed by atoms with Crippen LogP contribution >= 0.6 is 10.7 Å². The highest BCUT2D eigenvalue weighted by Crippen LogP contribution is 2.33. The van der Waals surface area contributed by atoms with E-state index in [0.29, 0.717) is 0 Å². The molecule has 17 heavy (non-hydrogen) atoms. The van der Waals surface area contributed by atoms with E-state index >= 15 is 0 Å². The fourth-order valence-corrected chi connectivity index (χ4v) is 2.50. The number of nitrogens with one attached hydrogen (secondary N) is 1. The van der Waals surface area contributed by atoms with Crippen molar-refractivity contribution >= 4 is 30.6 Å². The highest BCUT2D eigenvalue weighted by molar-refractivity contribution is 8.14. The third kappa shape index (κ3) is 2.25. The fourth-order valence-electron chi connectivity index (χ4n) is 1.48. The lowest BCUT2D eigenvalue weighted by atomic mass is 10.1. The summed E-state index contributed by atoms with van der Waals surface area (Å²) in [5, 5.41) is 0.132. The van der Waals surface area contributed by atoms with E-state index in [1.807, 2.05) is 0 Å². The number of halogens is 4. The number of rotatable bonds is 1. The molecule has 0 radical (unpaired) electrons. The van der Waals surface area contributed by atoms with E-state index in [4.69, 9.17) is 10.7 Å². The van der Waals surface area contributed by atoms with Gasteiger partial charge in [0, 0.05) is 27.8 Å². The van der Waals surface area contributed by atoms with Crippen LogP contribution in [0.15, 0.2) is 29.3 Å². The van der Waals surface area contributed by atoms with Gasteiger partial charge in [-0.15, -0.1) is 0 Å². The maximum atomic E-state index is 12.4. The van der Waals surface area contributed by atoms with Crippen LogP contribution in [-0.4, -0.2) is 13.4 Å². The quantitative estimate of drug-likeness (QED) is 0.818. The van der Waals surface area contributed by atoms with Gasteiger partial charge < -0.3 is 4.98 Å². The molecule has 2 aromatic rings. The van der Waals surface area contributed by atoms with Gasteiger partial charge in [0.15, 0.2) is 0 Å². The molecule has 0 aliphatic heterocycles. The molecule has 1 aromatic carbocycles. The van der Waals surface area contributed by atoms with E-state index in [2.05, 4.69) is 4.98 Å². The first-order chi connectivity index (χ1) is 7.69. The predicted octanol–water partition coefficient (Wildman–Crippen LogP) is 3.11. The van der Waals surface area contributed by atoms with Gasteiger partial charge in [0.2, 0.25) is 0 Å². The lowest BCUT2D eigenvalue weighted by molar-refractivity contribution is -0.137. The van der Waals surface area contributed by atoms with Crippen LogP contribution in [0.2, 0.25) is 0 Å². The summed E-state index contributed by atoms with van der Waals surface area (Å²) in [5.74, 6) is 0. The standard InChI is InChI=1S/C9H5ClF3NO2S/c10-17(15,16)8-4-14-7-3-5(9(11,12)13)1-2-6(7)8/h1-4,14H. The zero-order chi connectivity index (χ0) is 12.8. The van der Waals surface area contributed by atoms with Crippen molar-refractivity contribution in [3.05, 3.63) is 30.0 Å². The second-order valence-electron chi connectivity index (χ2n) is 3.35. The molecule has 0 unspecified atom stereocenters. The Labute approximate surface area is 98.6 Å². The van der Waals surface area contributed by atoms with E-state index < -0.39 is 20.8 Å². The van der Waals surface area contributed by atoms with E-state index in [0.717, 1.165) is 24.4 Å². The van der Waals surface area contributed by atoms with Gasteiger partial charge in [-0.1, -0.05) is 6.07 Å². The van der Waals surface area contributed by atoms with Crippen LogP contribution in [0.1, 0.15) is 5.56 Å². The maximum Gasteiger partial charge on any atom is 0.416 e. The second kappa shape index (κ2) is 3.64. The van der Waals surface area contributed by atoms with Crippen molar-refractivity contribution < 1.29 is 21.6 Å². The summed E-state index contributed by atoms with van der Waals surface area (Å²) in [7, 11) is 1.16. The van der Waals surface area contributed by atoms with Crippen LogP contribution in [0.25, 0.3) is 10.9 Å². The Morgan fingerprint density at radius 1 is 1.24 bits per heavy atom. The van der Waals surface area contributed by atoms with Crippen LogP contribution in [0.5, 0.6) is 0 Å². The van der Waals surface area contributed by atoms with Crippen molar-refractivity contribution in [1.82, 2.24) is 4.98 Å². The second-order valence-corrected chi connectivity index (χ2v) is 5.88. The molecule has 8 heteroatoms. The molecule has 92 valence electrons. The van der Waals surface area contributed by atoms with Crippen molar-refractivity contribution in [1.29, 1.82) is 0 Å².